The fourth-order valence-corrected chi connectivity index (χ4v) is 2.46. The molecular formula is C14H22N4O2. The lowest BCUT2D eigenvalue weighted by atomic mass is 9.98. The first-order valence-corrected chi connectivity index (χ1v) is 7.00. The number of hydrogen-bond donors (Lipinski definition) is 1. The van der Waals surface area contributed by atoms with E-state index in [2.05, 4.69) is 10.3 Å². The number of aryl methyl sites for hydroxylation is 1. The summed E-state index contributed by atoms with van der Waals surface area (Å²) in [5, 5.41) is 2.80. The van der Waals surface area contributed by atoms with Gasteiger partial charge in [-0.2, -0.15) is 0 Å². The van der Waals surface area contributed by atoms with Gasteiger partial charge in [-0.25, -0.2) is 4.98 Å². The van der Waals surface area contributed by atoms with Crippen LogP contribution in [0.1, 0.15) is 26.6 Å². The molecule has 0 bridgehead atoms. The van der Waals surface area contributed by atoms with Crippen molar-refractivity contribution in [2.24, 2.45) is 5.92 Å². The molecule has 2 unspecified atom stereocenters. The quantitative estimate of drug-likeness (QED) is 0.875. The van der Waals surface area contributed by atoms with Crippen LogP contribution in [0.3, 0.4) is 0 Å². The van der Waals surface area contributed by atoms with Crippen molar-refractivity contribution >= 4 is 11.8 Å². The number of carbonyl (C=O) groups is 2. The molecule has 1 aromatic heterocycles. The molecule has 1 aliphatic heterocycles. The van der Waals surface area contributed by atoms with Crippen LogP contribution >= 0.6 is 0 Å². The van der Waals surface area contributed by atoms with Crippen molar-refractivity contribution < 1.29 is 9.59 Å². The number of hydrogen-bond acceptors (Lipinski definition) is 3. The van der Waals surface area contributed by atoms with Gasteiger partial charge in [0.1, 0.15) is 17.9 Å². The summed E-state index contributed by atoms with van der Waals surface area (Å²) >= 11 is 0. The Labute approximate surface area is 119 Å². The molecule has 1 saturated heterocycles. The van der Waals surface area contributed by atoms with Crippen molar-refractivity contribution in [3.8, 4) is 0 Å². The molecular weight excluding hydrogens is 256 g/mol. The van der Waals surface area contributed by atoms with E-state index < -0.39 is 12.1 Å². The van der Waals surface area contributed by atoms with Gasteiger partial charge < -0.3 is 14.8 Å². The minimum atomic E-state index is -0.415. The van der Waals surface area contributed by atoms with Crippen LogP contribution in [0.4, 0.5) is 0 Å². The van der Waals surface area contributed by atoms with Crippen molar-refractivity contribution in [3.05, 3.63) is 18.2 Å². The van der Waals surface area contributed by atoms with Gasteiger partial charge in [0, 0.05) is 25.5 Å². The third-order valence-electron chi connectivity index (χ3n) is 3.87. The van der Waals surface area contributed by atoms with E-state index in [1.54, 1.807) is 18.0 Å². The minimum Gasteiger partial charge on any atom is -0.342 e. The highest BCUT2D eigenvalue weighted by Gasteiger charge is 2.39. The topological polar surface area (TPSA) is 67.2 Å². The molecule has 2 atom stereocenters. The Morgan fingerprint density at radius 1 is 1.35 bits per heavy atom. The SMILES string of the molecule is Cc1nccn1CCN1C(=O)C(C(C)C)NC(=O)C1C. The first-order chi connectivity index (χ1) is 9.41. The number of nitrogens with zero attached hydrogens (tertiary/aromatic N) is 3. The van der Waals surface area contributed by atoms with Crippen molar-refractivity contribution in [1.82, 2.24) is 19.8 Å². The molecule has 0 saturated carbocycles. The number of nitrogens with one attached hydrogen (secondary N) is 1. The molecule has 1 aliphatic rings. The molecule has 0 spiro atoms. The molecule has 0 radical (unpaired) electrons. The number of imidazole rings is 1. The monoisotopic (exact) mass is 278 g/mol. The Balaban J connectivity index is 2.09. The predicted octanol–water partition coefficient (Wildman–Crippen LogP) is 0.563. The van der Waals surface area contributed by atoms with Crippen molar-refractivity contribution in [1.29, 1.82) is 0 Å². The van der Waals surface area contributed by atoms with E-state index in [1.165, 1.54) is 0 Å². The molecule has 1 N–H and O–H groups in total. The maximum Gasteiger partial charge on any atom is 0.246 e. The number of rotatable bonds is 4. The van der Waals surface area contributed by atoms with E-state index in [-0.39, 0.29) is 17.7 Å². The molecule has 1 aromatic rings. The van der Waals surface area contributed by atoms with E-state index in [0.29, 0.717) is 13.1 Å². The van der Waals surface area contributed by atoms with E-state index in [4.69, 9.17) is 0 Å². The molecule has 1 fully saturated rings. The summed E-state index contributed by atoms with van der Waals surface area (Å²) in [6.07, 6.45) is 3.62. The third kappa shape index (κ3) is 2.69. The molecule has 6 nitrogen and oxygen atoms in total. The number of piperazine rings is 1. The van der Waals surface area contributed by atoms with E-state index >= 15 is 0 Å². The van der Waals surface area contributed by atoms with Crippen molar-refractivity contribution in [2.75, 3.05) is 6.54 Å². The average molecular weight is 278 g/mol. The summed E-state index contributed by atoms with van der Waals surface area (Å²) in [6, 6.07) is -0.830. The summed E-state index contributed by atoms with van der Waals surface area (Å²) < 4.78 is 1.98. The second-order valence-electron chi connectivity index (χ2n) is 5.61. The average Bonchev–Trinajstić information content (AvgIpc) is 2.79. The summed E-state index contributed by atoms with van der Waals surface area (Å²) in [4.78, 5) is 30.2. The van der Waals surface area contributed by atoms with E-state index in [1.807, 2.05) is 31.5 Å². The minimum absolute atomic E-state index is 0.00451. The standard InChI is InChI=1S/C14H22N4O2/c1-9(2)12-14(20)18(10(3)13(19)16-12)8-7-17-6-5-15-11(17)4/h5-6,9-10,12H,7-8H2,1-4H3,(H,16,19). The van der Waals surface area contributed by atoms with Gasteiger partial charge in [0.25, 0.3) is 0 Å². The largest absolute Gasteiger partial charge is 0.342 e. The van der Waals surface area contributed by atoms with Crippen LogP contribution in [0.5, 0.6) is 0 Å². The molecule has 110 valence electrons. The van der Waals surface area contributed by atoms with Gasteiger partial charge in [0.05, 0.1) is 0 Å². The highest BCUT2D eigenvalue weighted by molar-refractivity contribution is 5.96. The zero-order chi connectivity index (χ0) is 14.9. The molecule has 2 rings (SSSR count). The summed E-state index contributed by atoms with van der Waals surface area (Å²) in [7, 11) is 0. The lowest BCUT2D eigenvalue weighted by Crippen LogP contribution is -2.64. The molecule has 2 heterocycles. The van der Waals surface area contributed by atoms with Gasteiger partial charge in [-0.15, -0.1) is 0 Å². The zero-order valence-electron chi connectivity index (χ0n) is 12.5. The maximum absolute atomic E-state index is 12.5. The lowest BCUT2D eigenvalue weighted by molar-refractivity contribution is -0.150. The lowest BCUT2D eigenvalue weighted by Gasteiger charge is -2.38. The van der Waals surface area contributed by atoms with E-state index in [0.717, 1.165) is 5.82 Å². The second-order valence-corrected chi connectivity index (χ2v) is 5.61. The smallest absolute Gasteiger partial charge is 0.246 e. The molecule has 20 heavy (non-hydrogen) atoms. The van der Waals surface area contributed by atoms with Crippen LogP contribution in [0.15, 0.2) is 12.4 Å². The number of aromatic nitrogens is 2. The number of carbonyl (C=O) groups excluding carboxylic acids is 2. The van der Waals surface area contributed by atoms with Crippen LogP contribution < -0.4 is 5.32 Å². The summed E-state index contributed by atoms with van der Waals surface area (Å²) in [6.45, 7) is 8.75. The zero-order valence-corrected chi connectivity index (χ0v) is 12.5. The highest BCUT2D eigenvalue weighted by atomic mass is 16.2. The van der Waals surface area contributed by atoms with Crippen LogP contribution in [-0.4, -0.2) is 44.9 Å². The van der Waals surface area contributed by atoms with Gasteiger partial charge in [-0.3, -0.25) is 9.59 Å². The Bertz CT molecular complexity index is 509. The highest BCUT2D eigenvalue weighted by Crippen LogP contribution is 2.15. The van der Waals surface area contributed by atoms with Gasteiger partial charge in [0.2, 0.25) is 11.8 Å². The van der Waals surface area contributed by atoms with Crippen molar-refractivity contribution in [3.63, 3.8) is 0 Å². The van der Waals surface area contributed by atoms with Crippen LogP contribution in [0, 0.1) is 12.8 Å². The fourth-order valence-electron chi connectivity index (χ4n) is 2.46. The van der Waals surface area contributed by atoms with Crippen LogP contribution in [-0.2, 0) is 16.1 Å². The molecule has 2 amide bonds. The Kier molecular flexibility index (Phi) is 4.11. The normalized spacial score (nSPS) is 23.4. The first kappa shape index (κ1) is 14.6. The molecule has 0 aliphatic carbocycles. The van der Waals surface area contributed by atoms with Gasteiger partial charge in [-0.1, -0.05) is 13.8 Å². The Morgan fingerprint density at radius 3 is 2.60 bits per heavy atom. The fraction of sp³-hybridized carbons (Fsp3) is 0.643. The predicted molar refractivity (Wildman–Crippen MR) is 74.9 cm³/mol. The number of amides is 2. The second kappa shape index (κ2) is 5.64. The molecule has 6 heteroatoms. The Morgan fingerprint density at radius 2 is 2.05 bits per heavy atom. The molecule has 0 aromatic carbocycles. The third-order valence-corrected chi connectivity index (χ3v) is 3.87. The summed E-state index contributed by atoms with van der Waals surface area (Å²) in [5.74, 6) is 0.930. The maximum atomic E-state index is 12.5. The van der Waals surface area contributed by atoms with Gasteiger partial charge >= 0.3 is 0 Å². The van der Waals surface area contributed by atoms with Gasteiger partial charge in [-0.05, 0) is 19.8 Å². The summed E-state index contributed by atoms with van der Waals surface area (Å²) in [5.41, 5.74) is 0. The van der Waals surface area contributed by atoms with Crippen LogP contribution in [0.2, 0.25) is 0 Å². The first-order valence-electron chi connectivity index (χ1n) is 7.00. The van der Waals surface area contributed by atoms with Gasteiger partial charge in [0.15, 0.2) is 0 Å². The van der Waals surface area contributed by atoms with Crippen molar-refractivity contribution in [2.45, 2.75) is 46.3 Å². The Hall–Kier alpha value is -1.85. The van der Waals surface area contributed by atoms with E-state index in [9.17, 15) is 9.59 Å². The van der Waals surface area contributed by atoms with Crippen LogP contribution in [0.25, 0.3) is 0 Å².